The highest BCUT2D eigenvalue weighted by Crippen LogP contribution is 2.39. The molecule has 0 unspecified atom stereocenters. The third-order valence-electron chi connectivity index (χ3n) is 5.14. The molecule has 1 aromatic heterocycles. The molecule has 1 saturated heterocycles. The summed E-state index contributed by atoms with van der Waals surface area (Å²) in [5, 5.41) is 0. The van der Waals surface area contributed by atoms with Crippen LogP contribution in [-0.2, 0) is 0 Å². The van der Waals surface area contributed by atoms with E-state index in [1.807, 2.05) is 4.90 Å². The predicted octanol–water partition coefficient (Wildman–Crippen LogP) is 3.52. The summed E-state index contributed by atoms with van der Waals surface area (Å²) < 4.78 is 19.5. The van der Waals surface area contributed by atoms with E-state index < -0.39 is 5.82 Å². The second-order valence-electron chi connectivity index (χ2n) is 6.54. The summed E-state index contributed by atoms with van der Waals surface area (Å²) in [5.74, 6) is 0.697. The lowest BCUT2D eigenvalue weighted by molar-refractivity contribution is 0.0704. The van der Waals surface area contributed by atoms with Gasteiger partial charge in [-0.1, -0.05) is 0 Å². The maximum atomic E-state index is 14.3. The lowest BCUT2D eigenvalue weighted by Gasteiger charge is -2.27. The van der Waals surface area contributed by atoms with Crippen molar-refractivity contribution < 1.29 is 13.9 Å². The molecular formula is C19H19FN2O2. The predicted molar refractivity (Wildman–Crippen MR) is 88.3 cm³/mol. The normalized spacial score (nSPS) is 22.0. The van der Waals surface area contributed by atoms with Gasteiger partial charge in [-0.15, -0.1) is 0 Å². The molecule has 0 radical (unpaired) electrons. The summed E-state index contributed by atoms with van der Waals surface area (Å²) in [7, 11) is 1.53. The first-order valence-corrected chi connectivity index (χ1v) is 8.27. The van der Waals surface area contributed by atoms with E-state index in [1.54, 1.807) is 30.5 Å². The van der Waals surface area contributed by atoms with Crippen molar-refractivity contribution in [2.24, 2.45) is 5.92 Å². The summed E-state index contributed by atoms with van der Waals surface area (Å²) in [6.07, 6.45) is 4.95. The number of benzene rings is 1. The van der Waals surface area contributed by atoms with Crippen LogP contribution in [0, 0.1) is 11.7 Å². The molecule has 2 aliphatic rings. The van der Waals surface area contributed by atoms with Gasteiger partial charge in [-0.25, -0.2) is 4.39 Å². The summed E-state index contributed by atoms with van der Waals surface area (Å²) in [6.45, 7) is 0.804. The molecule has 4 rings (SSSR count). The van der Waals surface area contributed by atoms with Gasteiger partial charge in [0.05, 0.1) is 18.4 Å². The highest BCUT2D eigenvalue weighted by atomic mass is 19.1. The van der Waals surface area contributed by atoms with Crippen LogP contribution in [0.1, 0.15) is 29.6 Å². The van der Waals surface area contributed by atoms with Crippen molar-refractivity contribution in [3.8, 4) is 17.0 Å². The lowest BCUT2D eigenvalue weighted by Crippen LogP contribution is -2.38. The van der Waals surface area contributed by atoms with Crippen molar-refractivity contribution in [3.63, 3.8) is 0 Å². The number of amides is 1. The minimum atomic E-state index is -0.411. The molecule has 24 heavy (non-hydrogen) atoms. The number of ether oxygens (including phenoxy) is 1. The first kappa shape index (κ1) is 15.1. The fourth-order valence-corrected chi connectivity index (χ4v) is 3.93. The Morgan fingerprint density at radius 1 is 1.33 bits per heavy atom. The molecule has 2 bridgehead atoms. The van der Waals surface area contributed by atoms with Gasteiger partial charge in [-0.2, -0.15) is 0 Å². The molecule has 124 valence electrons. The monoisotopic (exact) mass is 326 g/mol. The SMILES string of the molecule is COc1ccc(F)c(-c2ncccc2C(=O)N2C[C@H]3CC[C@@H]2C3)c1. The number of likely N-dealkylation sites (tertiary alicyclic amines) is 1. The summed E-state index contributed by atoms with van der Waals surface area (Å²) in [5.41, 5.74) is 1.13. The van der Waals surface area contributed by atoms with E-state index in [-0.39, 0.29) is 5.91 Å². The zero-order valence-electron chi connectivity index (χ0n) is 13.5. The van der Waals surface area contributed by atoms with E-state index >= 15 is 0 Å². The molecule has 1 aliphatic heterocycles. The molecule has 2 heterocycles. The molecule has 1 aromatic carbocycles. The van der Waals surface area contributed by atoms with E-state index in [4.69, 9.17) is 4.74 Å². The number of aromatic nitrogens is 1. The Labute approximate surface area is 140 Å². The Kier molecular flexibility index (Phi) is 3.71. The molecule has 2 fully saturated rings. The van der Waals surface area contributed by atoms with Crippen molar-refractivity contribution in [1.82, 2.24) is 9.88 Å². The van der Waals surface area contributed by atoms with Gasteiger partial charge in [0.15, 0.2) is 0 Å². The number of carbonyl (C=O) groups excluding carboxylic acids is 1. The Morgan fingerprint density at radius 3 is 2.92 bits per heavy atom. The number of hydrogen-bond acceptors (Lipinski definition) is 3. The fraction of sp³-hybridized carbons (Fsp3) is 0.368. The smallest absolute Gasteiger partial charge is 0.256 e. The van der Waals surface area contributed by atoms with Crippen molar-refractivity contribution in [3.05, 3.63) is 47.9 Å². The van der Waals surface area contributed by atoms with E-state index in [2.05, 4.69) is 4.98 Å². The molecule has 1 aliphatic carbocycles. The van der Waals surface area contributed by atoms with Crippen LogP contribution in [0.4, 0.5) is 4.39 Å². The minimum Gasteiger partial charge on any atom is -0.497 e. The van der Waals surface area contributed by atoms with Crippen molar-refractivity contribution in [1.29, 1.82) is 0 Å². The third-order valence-corrected chi connectivity index (χ3v) is 5.14. The molecule has 1 saturated carbocycles. The topological polar surface area (TPSA) is 42.4 Å². The standard InChI is InChI=1S/C19H19FN2O2/c1-24-14-6-7-17(20)16(10-14)18-15(3-2-8-21-18)19(23)22-11-12-4-5-13(22)9-12/h2-3,6-8,10,12-13H,4-5,9,11H2,1H3/t12-,13+/m0/s1. The molecule has 4 nitrogen and oxygen atoms in total. The zero-order valence-corrected chi connectivity index (χ0v) is 13.5. The molecule has 5 heteroatoms. The van der Waals surface area contributed by atoms with Gasteiger partial charge in [-0.3, -0.25) is 9.78 Å². The van der Waals surface area contributed by atoms with Crippen LogP contribution < -0.4 is 4.74 Å². The Bertz CT molecular complexity index is 793. The van der Waals surface area contributed by atoms with Crippen LogP contribution in [0.2, 0.25) is 0 Å². The van der Waals surface area contributed by atoms with Crippen LogP contribution in [0.25, 0.3) is 11.3 Å². The number of hydrogen-bond donors (Lipinski definition) is 0. The van der Waals surface area contributed by atoms with Crippen LogP contribution in [0.15, 0.2) is 36.5 Å². The molecule has 0 N–H and O–H groups in total. The molecule has 0 spiro atoms. The molecular weight excluding hydrogens is 307 g/mol. The largest absolute Gasteiger partial charge is 0.497 e. The average molecular weight is 326 g/mol. The van der Waals surface area contributed by atoms with Crippen LogP contribution in [0.3, 0.4) is 0 Å². The van der Waals surface area contributed by atoms with Gasteiger partial charge in [0.1, 0.15) is 11.6 Å². The number of rotatable bonds is 3. The Hall–Kier alpha value is -2.43. The number of piperidine rings is 1. The zero-order chi connectivity index (χ0) is 16.7. The maximum Gasteiger partial charge on any atom is 0.256 e. The minimum absolute atomic E-state index is 0.0486. The lowest BCUT2D eigenvalue weighted by atomic mass is 10.0. The van der Waals surface area contributed by atoms with Crippen LogP contribution >= 0.6 is 0 Å². The van der Waals surface area contributed by atoms with Crippen molar-refractivity contribution >= 4 is 5.91 Å². The van der Waals surface area contributed by atoms with Gasteiger partial charge in [-0.05, 0) is 55.5 Å². The van der Waals surface area contributed by atoms with E-state index in [0.717, 1.165) is 19.4 Å². The molecule has 1 amide bonds. The van der Waals surface area contributed by atoms with E-state index in [1.165, 1.54) is 19.6 Å². The second kappa shape index (κ2) is 5.89. The third kappa shape index (κ3) is 2.44. The fourth-order valence-electron chi connectivity index (χ4n) is 3.93. The number of pyridine rings is 1. The van der Waals surface area contributed by atoms with Crippen LogP contribution in [-0.4, -0.2) is 35.5 Å². The average Bonchev–Trinajstić information content (AvgIpc) is 3.25. The number of nitrogens with zero attached hydrogens (tertiary/aromatic N) is 2. The number of fused-ring (bicyclic) bond motifs is 2. The molecule has 2 aromatic rings. The maximum absolute atomic E-state index is 14.3. The van der Waals surface area contributed by atoms with Crippen LogP contribution in [0.5, 0.6) is 5.75 Å². The number of methoxy groups -OCH3 is 1. The van der Waals surface area contributed by atoms with Gasteiger partial charge in [0.2, 0.25) is 0 Å². The Balaban J connectivity index is 1.75. The quantitative estimate of drug-likeness (QED) is 0.867. The van der Waals surface area contributed by atoms with Crippen molar-refractivity contribution in [2.45, 2.75) is 25.3 Å². The van der Waals surface area contributed by atoms with Gasteiger partial charge < -0.3 is 9.64 Å². The molecule has 2 atom stereocenters. The first-order chi connectivity index (χ1) is 11.7. The van der Waals surface area contributed by atoms with Gasteiger partial charge in [0.25, 0.3) is 5.91 Å². The summed E-state index contributed by atoms with van der Waals surface area (Å²) in [6, 6.07) is 8.27. The van der Waals surface area contributed by atoms with Gasteiger partial charge >= 0.3 is 0 Å². The van der Waals surface area contributed by atoms with E-state index in [9.17, 15) is 9.18 Å². The number of halogens is 1. The highest BCUT2D eigenvalue weighted by molar-refractivity contribution is 6.00. The van der Waals surface area contributed by atoms with E-state index in [0.29, 0.717) is 34.5 Å². The highest BCUT2D eigenvalue weighted by Gasteiger charge is 2.41. The Morgan fingerprint density at radius 2 is 2.21 bits per heavy atom. The number of carbonyl (C=O) groups is 1. The summed E-state index contributed by atoms with van der Waals surface area (Å²) >= 11 is 0. The summed E-state index contributed by atoms with van der Waals surface area (Å²) in [4.78, 5) is 19.3. The first-order valence-electron chi connectivity index (χ1n) is 8.27. The second-order valence-corrected chi connectivity index (χ2v) is 6.54. The van der Waals surface area contributed by atoms with Gasteiger partial charge in [0, 0.05) is 24.3 Å². The van der Waals surface area contributed by atoms with Crippen molar-refractivity contribution in [2.75, 3.05) is 13.7 Å².